The molecule has 0 aromatic heterocycles. The molecule has 0 saturated carbocycles. The topological polar surface area (TPSA) is 61.4 Å². The van der Waals surface area contributed by atoms with Crippen molar-refractivity contribution in [3.8, 4) is 5.75 Å². The summed E-state index contributed by atoms with van der Waals surface area (Å²) in [6.07, 6.45) is 2.78. The van der Waals surface area contributed by atoms with Crippen LogP contribution in [0.2, 0.25) is 20.1 Å². The first-order valence-electron chi connectivity index (χ1n) is 6.69. The molecule has 0 aliphatic rings. The highest BCUT2D eigenvalue weighted by Crippen LogP contribution is 2.34. The highest BCUT2D eigenvalue weighted by Gasteiger charge is 2.10. The van der Waals surface area contributed by atoms with Crippen LogP contribution in [0.5, 0.6) is 5.75 Å². The van der Waals surface area contributed by atoms with E-state index in [4.69, 9.17) is 58.6 Å². The molecule has 0 bridgehead atoms. The van der Waals surface area contributed by atoms with Crippen molar-refractivity contribution in [3.05, 3.63) is 62.1 Å². The number of nitrogens with one attached hydrogen (secondary N) is 2. The Hall–Kier alpha value is -1.50. The Morgan fingerprint density at radius 2 is 1.72 bits per heavy atom. The van der Waals surface area contributed by atoms with Crippen molar-refractivity contribution in [1.29, 1.82) is 0 Å². The molecule has 1 amide bonds. The van der Waals surface area contributed by atoms with Crippen LogP contribution in [0.3, 0.4) is 0 Å². The SMILES string of the molecule is O=C(/C=C/c1ccc(Cl)cc1Cl)NC(=S)Nc1cc(Cl)cc(Cl)c1O. The Bertz CT molecular complexity index is 871. The Morgan fingerprint density at radius 1 is 1.04 bits per heavy atom. The van der Waals surface area contributed by atoms with E-state index in [2.05, 4.69) is 10.6 Å². The number of halogens is 4. The summed E-state index contributed by atoms with van der Waals surface area (Å²) in [5.41, 5.74) is 0.798. The number of aromatic hydroxyl groups is 1. The summed E-state index contributed by atoms with van der Waals surface area (Å²) in [7, 11) is 0. The van der Waals surface area contributed by atoms with Crippen molar-refractivity contribution in [2.45, 2.75) is 0 Å². The van der Waals surface area contributed by atoms with Crippen LogP contribution in [-0.2, 0) is 4.79 Å². The van der Waals surface area contributed by atoms with Crippen LogP contribution < -0.4 is 10.6 Å². The van der Waals surface area contributed by atoms with Crippen LogP contribution in [0.1, 0.15) is 5.56 Å². The molecular formula is C16H10Cl4N2O2S. The van der Waals surface area contributed by atoms with Gasteiger partial charge in [0.25, 0.3) is 0 Å². The lowest BCUT2D eigenvalue weighted by Gasteiger charge is -2.11. The van der Waals surface area contributed by atoms with E-state index in [-0.39, 0.29) is 21.6 Å². The Labute approximate surface area is 169 Å². The molecule has 130 valence electrons. The average molecular weight is 436 g/mol. The molecule has 0 radical (unpaired) electrons. The first-order valence-corrected chi connectivity index (χ1v) is 8.61. The predicted octanol–water partition coefficient (Wildman–Crippen LogP) is 5.53. The first kappa shape index (κ1) is 19.8. The van der Waals surface area contributed by atoms with Crippen molar-refractivity contribution in [2.24, 2.45) is 0 Å². The maximum atomic E-state index is 11.9. The lowest BCUT2D eigenvalue weighted by molar-refractivity contribution is -0.115. The molecule has 3 N–H and O–H groups in total. The zero-order valence-corrected chi connectivity index (χ0v) is 16.2. The van der Waals surface area contributed by atoms with E-state index < -0.39 is 5.91 Å². The summed E-state index contributed by atoms with van der Waals surface area (Å²) in [5.74, 6) is -0.720. The second kappa shape index (κ2) is 8.74. The number of phenols is 1. The molecule has 0 heterocycles. The largest absolute Gasteiger partial charge is 0.504 e. The van der Waals surface area contributed by atoms with Gasteiger partial charge in [-0.05, 0) is 48.1 Å². The predicted molar refractivity (Wildman–Crippen MR) is 108 cm³/mol. The van der Waals surface area contributed by atoms with Gasteiger partial charge in [-0.15, -0.1) is 0 Å². The summed E-state index contributed by atoms with van der Waals surface area (Å²) < 4.78 is 0. The molecule has 0 aliphatic heterocycles. The lowest BCUT2D eigenvalue weighted by atomic mass is 10.2. The number of benzene rings is 2. The van der Waals surface area contributed by atoms with E-state index in [0.29, 0.717) is 20.6 Å². The van der Waals surface area contributed by atoms with Gasteiger partial charge in [0.2, 0.25) is 5.91 Å². The number of carbonyl (C=O) groups is 1. The molecule has 4 nitrogen and oxygen atoms in total. The number of anilines is 1. The Balaban J connectivity index is 2.01. The number of carbonyl (C=O) groups excluding carboxylic acids is 1. The maximum Gasteiger partial charge on any atom is 0.250 e. The monoisotopic (exact) mass is 434 g/mol. The van der Waals surface area contributed by atoms with Crippen molar-refractivity contribution in [2.75, 3.05) is 5.32 Å². The second-order valence-corrected chi connectivity index (χ2v) is 6.82. The number of thiocarbonyl (C=S) groups is 1. The fraction of sp³-hybridized carbons (Fsp3) is 0. The quantitative estimate of drug-likeness (QED) is 0.337. The van der Waals surface area contributed by atoms with E-state index in [1.165, 1.54) is 24.3 Å². The molecule has 0 aliphatic carbocycles. The molecule has 2 aromatic rings. The molecule has 0 unspecified atom stereocenters. The minimum absolute atomic E-state index is 0.0366. The van der Waals surface area contributed by atoms with Crippen LogP contribution in [0, 0.1) is 0 Å². The normalized spacial score (nSPS) is 10.7. The smallest absolute Gasteiger partial charge is 0.250 e. The molecular weight excluding hydrogens is 426 g/mol. The standard InChI is InChI=1S/C16H10Cl4N2O2S/c17-9-3-1-8(11(19)5-9)2-4-14(23)22-16(25)21-13-7-10(18)6-12(20)15(13)24/h1-7,24H,(H2,21,22,23,25)/b4-2+. The van der Waals surface area contributed by atoms with Crippen molar-refractivity contribution in [3.63, 3.8) is 0 Å². The van der Waals surface area contributed by atoms with Gasteiger partial charge in [0.05, 0.1) is 10.7 Å². The molecule has 0 atom stereocenters. The Morgan fingerprint density at radius 3 is 2.40 bits per heavy atom. The van der Waals surface area contributed by atoms with E-state index in [1.54, 1.807) is 18.2 Å². The van der Waals surface area contributed by atoms with E-state index >= 15 is 0 Å². The van der Waals surface area contributed by atoms with Crippen LogP contribution in [0.4, 0.5) is 5.69 Å². The van der Waals surface area contributed by atoms with Crippen molar-refractivity contribution < 1.29 is 9.90 Å². The summed E-state index contributed by atoms with van der Waals surface area (Å²) in [6, 6.07) is 7.70. The van der Waals surface area contributed by atoms with Gasteiger partial charge in [-0.1, -0.05) is 52.5 Å². The molecule has 0 spiro atoms. The summed E-state index contributed by atoms with van der Waals surface area (Å²) in [4.78, 5) is 11.9. The molecule has 0 fully saturated rings. The summed E-state index contributed by atoms with van der Waals surface area (Å²) in [5, 5.41) is 16.1. The third kappa shape index (κ3) is 5.76. The van der Waals surface area contributed by atoms with Crippen molar-refractivity contribution in [1.82, 2.24) is 5.32 Å². The van der Waals surface area contributed by atoms with Gasteiger partial charge in [0.15, 0.2) is 10.9 Å². The van der Waals surface area contributed by atoms with Gasteiger partial charge < -0.3 is 10.4 Å². The van der Waals surface area contributed by atoms with Crippen LogP contribution in [-0.4, -0.2) is 16.1 Å². The second-order valence-electron chi connectivity index (χ2n) is 4.73. The molecule has 25 heavy (non-hydrogen) atoms. The van der Waals surface area contributed by atoms with Crippen LogP contribution >= 0.6 is 58.6 Å². The lowest BCUT2D eigenvalue weighted by Crippen LogP contribution is -2.32. The zero-order chi connectivity index (χ0) is 18.6. The number of rotatable bonds is 3. The molecule has 0 saturated heterocycles. The third-order valence-electron chi connectivity index (χ3n) is 2.89. The van der Waals surface area contributed by atoms with E-state index in [0.717, 1.165) is 0 Å². The van der Waals surface area contributed by atoms with Gasteiger partial charge in [0.1, 0.15) is 0 Å². The van der Waals surface area contributed by atoms with Gasteiger partial charge in [-0.25, -0.2) is 0 Å². The maximum absolute atomic E-state index is 11.9. The number of hydrogen-bond donors (Lipinski definition) is 3. The summed E-state index contributed by atoms with van der Waals surface area (Å²) >= 11 is 28.5. The highest BCUT2D eigenvalue weighted by atomic mass is 35.5. The van der Waals surface area contributed by atoms with Gasteiger partial charge in [0, 0.05) is 21.1 Å². The Kier molecular flexibility index (Phi) is 6.93. The minimum Gasteiger partial charge on any atom is -0.504 e. The fourth-order valence-electron chi connectivity index (χ4n) is 1.77. The number of amides is 1. The molecule has 2 rings (SSSR count). The van der Waals surface area contributed by atoms with Crippen LogP contribution in [0.15, 0.2) is 36.4 Å². The van der Waals surface area contributed by atoms with Gasteiger partial charge >= 0.3 is 0 Å². The first-order chi connectivity index (χ1) is 11.8. The minimum atomic E-state index is -0.490. The highest BCUT2D eigenvalue weighted by molar-refractivity contribution is 7.80. The fourth-order valence-corrected chi connectivity index (χ4v) is 2.95. The average Bonchev–Trinajstić information content (AvgIpc) is 2.51. The van der Waals surface area contributed by atoms with Gasteiger partial charge in [-0.2, -0.15) is 0 Å². The van der Waals surface area contributed by atoms with Crippen LogP contribution in [0.25, 0.3) is 6.08 Å². The number of hydrogen-bond acceptors (Lipinski definition) is 3. The van der Waals surface area contributed by atoms with Gasteiger partial charge in [-0.3, -0.25) is 10.1 Å². The molecule has 2 aromatic carbocycles. The van der Waals surface area contributed by atoms with E-state index in [1.807, 2.05) is 0 Å². The molecule has 9 heteroatoms. The van der Waals surface area contributed by atoms with Crippen molar-refractivity contribution >= 4 is 81.4 Å². The third-order valence-corrected chi connectivity index (χ3v) is 4.16. The number of phenolic OH excluding ortho intramolecular Hbond substituents is 1. The summed E-state index contributed by atoms with van der Waals surface area (Å²) in [6.45, 7) is 0. The zero-order valence-electron chi connectivity index (χ0n) is 12.3. The van der Waals surface area contributed by atoms with E-state index in [9.17, 15) is 9.90 Å².